The van der Waals surface area contributed by atoms with Crippen molar-refractivity contribution < 1.29 is 23.7 Å². The lowest BCUT2D eigenvalue weighted by Crippen LogP contribution is -2.59. The number of nitrogens with zero attached hydrogens (tertiary/aromatic N) is 2. The van der Waals surface area contributed by atoms with Crippen molar-refractivity contribution in [2.24, 2.45) is 0 Å². The smallest absolute Gasteiger partial charge is 0.184 e. The maximum Gasteiger partial charge on any atom is 0.184 e. The normalized spacial score (nSPS) is 28.1. The Labute approximate surface area is 212 Å². The standard InChI is InChI=1S/C27H27N3O5S/c1-31-27-21(20-12-18-24(28)29-15-30-25(18)36-20)23(32-13-16-8-4-2-5-9-16)22-19(34-27)14-33-26(35-22)17-10-6-3-7-11-17/h2-12,15,19,21-23,26-27H,13-14H2,1H3,(H2,28,29,30)/t19-,21+,22-,23+,26?,27+/m1/s1. The molecule has 0 saturated carbocycles. The van der Waals surface area contributed by atoms with Crippen LogP contribution in [0.4, 0.5) is 5.82 Å². The van der Waals surface area contributed by atoms with Crippen molar-refractivity contribution in [2.45, 2.75) is 43.4 Å². The Morgan fingerprint density at radius 2 is 1.81 bits per heavy atom. The van der Waals surface area contributed by atoms with E-state index in [2.05, 4.69) is 9.97 Å². The predicted molar refractivity (Wildman–Crippen MR) is 135 cm³/mol. The first kappa shape index (κ1) is 23.5. The second-order valence-electron chi connectivity index (χ2n) is 8.87. The highest BCUT2D eigenvalue weighted by molar-refractivity contribution is 7.18. The van der Waals surface area contributed by atoms with Crippen LogP contribution in [0.5, 0.6) is 0 Å². The van der Waals surface area contributed by atoms with E-state index < -0.39 is 12.6 Å². The number of hydrogen-bond donors (Lipinski definition) is 1. The van der Waals surface area contributed by atoms with Crippen LogP contribution in [0, 0.1) is 0 Å². The van der Waals surface area contributed by atoms with Gasteiger partial charge in [-0.3, -0.25) is 0 Å². The zero-order valence-corrected chi connectivity index (χ0v) is 20.5. The molecule has 6 rings (SSSR count). The van der Waals surface area contributed by atoms with E-state index in [-0.39, 0.29) is 24.2 Å². The number of nitrogens with two attached hydrogens (primary N) is 1. The number of benzene rings is 2. The van der Waals surface area contributed by atoms with Crippen LogP contribution in [0.1, 0.15) is 28.2 Å². The number of rotatable bonds is 6. The van der Waals surface area contributed by atoms with Crippen molar-refractivity contribution in [2.75, 3.05) is 19.5 Å². The maximum atomic E-state index is 6.65. The summed E-state index contributed by atoms with van der Waals surface area (Å²) in [7, 11) is 1.64. The number of fused-ring (bicyclic) bond motifs is 2. The molecular weight excluding hydrogens is 478 g/mol. The summed E-state index contributed by atoms with van der Waals surface area (Å²) in [4.78, 5) is 10.4. The summed E-state index contributed by atoms with van der Waals surface area (Å²) in [5.41, 5.74) is 8.17. The Balaban J connectivity index is 1.37. The van der Waals surface area contributed by atoms with Crippen LogP contribution >= 0.6 is 11.3 Å². The molecule has 0 bridgehead atoms. The van der Waals surface area contributed by atoms with Gasteiger partial charge in [-0.2, -0.15) is 0 Å². The summed E-state index contributed by atoms with van der Waals surface area (Å²) in [5, 5.41) is 0.811. The van der Waals surface area contributed by atoms with Gasteiger partial charge in [0.15, 0.2) is 12.6 Å². The quantitative estimate of drug-likeness (QED) is 0.411. The van der Waals surface area contributed by atoms with Gasteiger partial charge in [0.1, 0.15) is 29.2 Å². The summed E-state index contributed by atoms with van der Waals surface area (Å²) in [6, 6.07) is 22.0. The minimum atomic E-state index is -0.560. The third kappa shape index (κ3) is 4.50. The minimum absolute atomic E-state index is 0.270. The fraction of sp³-hybridized carbons (Fsp3) is 0.333. The Hall–Kier alpha value is -2.92. The van der Waals surface area contributed by atoms with E-state index in [4.69, 9.17) is 29.4 Å². The summed E-state index contributed by atoms with van der Waals surface area (Å²) < 4.78 is 31.5. The highest BCUT2D eigenvalue weighted by Crippen LogP contribution is 2.45. The van der Waals surface area contributed by atoms with Crippen LogP contribution in [-0.2, 0) is 30.3 Å². The van der Waals surface area contributed by atoms with E-state index in [0.717, 1.165) is 26.2 Å². The Morgan fingerprint density at radius 1 is 1.03 bits per heavy atom. The Morgan fingerprint density at radius 3 is 2.56 bits per heavy atom. The molecular formula is C27H27N3O5S. The van der Waals surface area contributed by atoms with Gasteiger partial charge in [0.25, 0.3) is 0 Å². The largest absolute Gasteiger partial charge is 0.383 e. The second-order valence-corrected chi connectivity index (χ2v) is 9.93. The SMILES string of the molecule is CO[C@H]1O[C@@H]2COC(c3ccccc3)O[C@H]2[C@@H](OCc2ccccc2)[C@@H]1c1cc2c(N)ncnc2s1. The molecule has 2 aliphatic heterocycles. The molecule has 0 amide bonds. The second kappa shape index (κ2) is 10.2. The highest BCUT2D eigenvalue weighted by Gasteiger charge is 2.52. The van der Waals surface area contributed by atoms with Gasteiger partial charge in [0.05, 0.1) is 30.6 Å². The molecule has 4 aromatic rings. The lowest BCUT2D eigenvalue weighted by molar-refractivity contribution is -0.345. The van der Waals surface area contributed by atoms with Crippen LogP contribution in [0.2, 0.25) is 0 Å². The zero-order chi connectivity index (χ0) is 24.5. The van der Waals surface area contributed by atoms with Crippen molar-refractivity contribution in [3.63, 3.8) is 0 Å². The van der Waals surface area contributed by atoms with Crippen molar-refractivity contribution >= 4 is 27.4 Å². The zero-order valence-electron chi connectivity index (χ0n) is 19.7. The summed E-state index contributed by atoms with van der Waals surface area (Å²) >= 11 is 1.54. The van der Waals surface area contributed by atoms with Crippen molar-refractivity contribution in [3.8, 4) is 0 Å². The molecule has 186 valence electrons. The average Bonchev–Trinajstić information content (AvgIpc) is 3.37. The Kier molecular flexibility index (Phi) is 6.66. The summed E-state index contributed by atoms with van der Waals surface area (Å²) in [5.74, 6) is 0.173. The molecule has 8 nitrogen and oxygen atoms in total. The van der Waals surface area contributed by atoms with Crippen LogP contribution in [0.25, 0.3) is 10.2 Å². The number of ether oxygens (including phenoxy) is 5. The number of nitrogen functional groups attached to an aromatic ring is 1. The van der Waals surface area contributed by atoms with Crippen LogP contribution in [0.3, 0.4) is 0 Å². The molecule has 0 radical (unpaired) electrons. The lowest BCUT2D eigenvalue weighted by atomic mass is 9.88. The van der Waals surface area contributed by atoms with Gasteiger partial charge in [-0.05, 0) is 11.6 Å². The number of hydrogen-bond acceptors (Lipinski definition) is 9. The average molecular weight is 506 g/mol. The predicted octanol–water partition coefficient (Wildman–Crippen LogP) is 4.43. The molecule has 2 aromatic carbocycles. The molecule has 2 saturated heterocycles. The third-order valence-corrected chi connectivity index (χ3v) is 7.78. The number of thiophene rings is 1. The molecule has 2 N–H and O–H groups in total. The first-order valence-corrected chi connectivity index (χ1v) is 12.7. The first-order valence-electron chi connectivity index (χ1n) is 11.9. The van der Waals surface area contributed by atoms with Gasteiger partial charge in [0, 0.05) is 17.6 Å². The molecule has 0 aliphatic carbocycles. The van der Waals surface area contributed by atoms with E-state index >= 15 is 0 Å². The van der Waals surface area contributed by atoms with Crippen LogP contribution < -0.4 is 5.73 Å². The molecule has 2 aromatic heterocycles. The fourth-order valence-electron chi connectivity index (χ4n) is 4.87. The summed E-state index contributed by atoms with van der Waals surface area (Å²) in [6.45, 7) is 0.793. The van der Waals surface area contributed by atoms with Crippen molar-refractivity contribution in [3.05, 3.63) is 89.1 Å². The van der Waals surface area contributed by atoms with Gasteiger partial charge in [-0.25, -0.2) is 9.97 Å². The molecule has 6 atom stereocenters. The molecule has 0 spiro atoms. The van der Waals surface area contributed by atoms with Gasteiger partial charge in [0.2, 0.25) is 0 Å². The number of methoxy groups -OCH3 is 1. The van der Waals surface area contributed by atoms with E-state index in [1.54, 1.807) is 18.4 Å². The van der Waals surface area contributed by atoms with Gasteiger partial charge >= 0.3 is 0 Å². The lowest BCUT2D eigenvalue weighted by Gasteiger charge is -2.48. The van der Waals surface area contributed by atoms with Crippen molar-refractivity contribution in [1.82, 2.24) is 9.97 Å². The molecule has 36 heavy (non-hydrogen) atoms. The first-order chi connectivity index (χ1) is 17.7. The fourth-order valence-corrected chi connectivity index (χ4v) is 6.03. The van der Waals surface area contributed by atoms with E-state index in [0.29, 0.717) is 19.0 Å². The topological polar surface area (TPSA) is 98.0 Å². The molecule has 1 unspecified atom stereocenters. The van der Waals surface area contributed by atoms with Gasteiger partial charge in [-0.1, -0.05) is 60.7 Å². The van der Waals surface area contributed by atoms with Crippen LogP contribution in [-0.4, -0.2) is 48.3 Å². The number of aromatic nitrogens is 2. The third-order valence-electron chi connectivity index (χ3n) is 6.64. The van der Waals surface area contributed by atoms with Gasteiger partial charge in [-0.15, -0.1) is 11.3 Å². The van der Waals surface area contributed by atoms with Crippen LogP contribution in [0.15, 0.2) is 73.1 Å². The molecule has 9 heteroatoms. The van der Waals surface area contributed by atoms with Crippen molar-refractivity contribution in [1.29, 1.82) is 0 Å². The molecule has 4 heterocycles. The highest BCUT2D eigenvalue weighted by atomic mass is 32.1. The minimum Gasteiger partial charge on any atom is -0.383 e. The van der Waals surface area contributed by atoms with E-state index in [9.17, 15) is 0 Å². The number of anilines is 1. The Bertz CT molecular complexity index is 1300. The molecule has 2 fully saturated rings. The van der Waals surface area contributed by atoms with E-state index in [1.165, 1.54) is 6.33 Å². The van der Waals surface area contributed by atoms with Gasteiger partial charge < -0.3 is 29.4 Å². The summed E-state index contributed by atoms with van der Waals surface area (Å²) in [6.07, 6.45) is -0.679. The van der Waals surface area contributed by atoms with E-state index in [1.807, 2.05) is 66.7 Å². The monoisotopic (exact) mass is 505 g/mol. The molecule has 2 aliphatic rings. The maximum absolute atomic E-state index is 6.65.